The van der Waals surface area contributed by atoms with Crippen LogP contribution in [0.1, 0.15) is 54.8 Å². The minimum atomic E-state index is -1.47. The van der Waals surface area contributed by atoms with Crippen LogP contribution in [-0.2, 0) is 10.3 Å². The Bertz CT molecular complexity index is 1280. The maximum Gasteiger partial charge on any atom is 0.291 e. The zero-order chi connectivity index (χ0) is 21.8. The minimum Gasteiger partial charge on any atom is -0.450 e. The van der Waals surface area contributed by atoms with E-state index in [1.54, 1.807) is 34.1 Å². The van der Waals surface area contributed by atoms with Crippen LogP contribution >= 0.6 is 0 Å². The molecule has 158 valence electrons. The van der Waals surface area contributed by atoms with E-state index in [-0.39, 0.29) is 22.7 Å². The first-order valence-corrected chi connectivity index (χ1v) is 10.9. The van der Waals surface area contributed by atoms with E-state index in [2.05, 4.69) is 0 Å². The van der Waals surface area contributed by atoms with Crippen LogP contribution in [-0.4, -0.2) is 29.8 Å². The molecule has 0 bridgehead atoms. The highest BCUT2D eigenvalue weighted by molar-refractivity contribution is 6.17. The first kappa shape index (κ1) is 19.5. The van der Waals surface area contributed by atoms with Gasteiger partial charge in [0, 0.05) is 18.7 Å². The number of amides is 2. The number of hydrogen-bond acceptors (Lipinski definition) is 4. The van der Waals surface area contributed by atoms with Crippen molar-refractivity contribution >= 4 is 28.5 Å². The highest BCUT2D eigenvalue weighted by Gasteiger charge is 2.64. The fourth-order valence-electron chi connectivity index (χ4n) is 5.00. The number of unbranched alkanes of at least 4 members (excludes halogenated alkanes) is 1. The number of carbonyl (C=O) groups excluding carboxylic acids is 2. The summed E-state index contributed by atoms with van der Waals surface area (Å²) in [6.45, 7) is 4.92. The Morgan fingerprint density at radius 2 is 1.65 bits per heavy atom. The van der Waals surface area contributed by atoms with Gasteiger partial charge in [-0.15, -0.1) is 0 Å². The van der Waals surface area contributed by atoms with Gasteiger partial charge in [-0.25, -0.2) is 0 Å². The maximum absolute atomic E-state index is 14.1. The number of nitrogens with zero attached hydrogens (tertiary/aromatic N) is 2. The predicted octanol–water partition coefficient (Wildman–Crippen LogP) is 4.05. The van der Waals surface area contributed by atoms with Crippen molar-refractivity contribution in [1.29, 1.82) is 0 Å². The fourth-order valence-corrected chi connectivity index (χ4v) is 5.00. The molecule has 0 N–H and O–H groups in total. The molecule has 2 aliphatic rings. The molecule has 0 saturated heterocycles. The van der Waals surface area contributed by atoms with E-state index in [1.165, 1.54) is 0 Å². The zero-order valence-corrected chi connectivity index (χ0v) is 17.7. The third-order valence-electron chi connectivity index (χ3n) is 6.33. The molecule has 2 aliphatic heterocycles. The largest absolute Gasteiger partial charge is 0.450 e. The van der Waals surface area contributed by atoms with Crippen molar-refractivity contribution in [1.82, 2.24) is 4.90 Å². The van der Waals surface area contributed by atoms with Gasteiger partial charge in [0.05, 0.1) is 16.6 Å². The van der Waals surface area contributed by atoms with Crippen LogP contribution < -0.4 is 10.3 Å². The van der Waals surface area contributed by atoms with E-state index in [0.717, 1.165) is 24.9 Å². The Labute approximate surface area is 180 Å². The van der Waals surface area contributed by atoms with Gasteiger partial charge in [-0.1, -0.05) is 50.6 Å². The van der Waals surface area contributed by atoms with Crippen LogP contribution in [0.3, 0.4) is 0 Å². The summed E-state index contributed by atoms with van der Waals surface area (Å²) in [5, 5.41) is 0.380. The summed E-state index contributed by atoms with van der Waals surface area (Å²) in [6.07, 6.45) is 2.34. The molecule has 2 amide bonds. The highest BCUT2D eigenvalue weighted by atomic mass is 16.3. The molecule has 6 heteroatoms. The van der Waals surface area contributed by atoms with Crippen LogP contribution in [0, 0.1) is 0 Å². The van der Waals surface area contributed by atoms with Crippen LogP contribution in [0.5, 0.6) is 0 Å². The van der Waals surface area contributed by atoms with Gasteiger partial charge in [-0.3, -0.25) is 14.4 Å². The molecule has 6 nitrogen and oxygen atoms in total. The Kier molecular flexibility index (Phi) is 4.46. The average molecular weight is 416 g/mol. The second-order valence-corrected chi connectivity index (χ2v) is 8.13. The third-order valence-corrected chi connectivity index (χ3v) is 6.33. The van der Waals surface area contributed by atoms with Gasteiger partial charge >= 0.3 is 0 Å². The third kappa shape index (κ3) is 2.42. The molecule has 0 saturated carbocycles. The van der Waals surface area contributed by atoms with Crippen molar-refractivity contribution in [2.75, 3.05) is 18.0 Å². The lowest BCUT2D eigenvalue weighted by Gasteiger charge is -2.34. The van der Waals surface area contributed by atoms with Crippen molar-refractivity contribution < 1.29 is 14.0 Å². The molecule has 3 heterocycles. The molecule has 3 aromatic rings. The molecule has 5 rings (SSSR count). The number of rotatable bonds is 5. The van der Waals surface area contributed by atoms with Crippen molar-refractivity contribution in [3.8, 4) is 0 Å². The number of hydrogen-bond donors (Lipinski definition) is 0. The summed E-state index contributed by atoms with van der Waals surface area (Å²) in [6, 6.07) is 14.4. The molecule has 1 spiro atoms. The summed E-state index contributed by atoms with van der Waals surface area (Å²) < 4.78 is 5.99. The highest BCUT2D eigenvalue weighted by Crippen LogP contribution is 2.52. The lowest BCUT2D eigenvalue weighted by molar-refractivity contribution is -0.126. The Morgan fingerprint density at radius 3 is 2.42 bits per heavy atom. The second-order valence-electron chi connectivity index (χ2n) is 8.13. The smallest absolute Gasteiger partial charge is 0.291 e. The van der Waals surface area contributed by atoms with E-state index in [1.807, 2.05) is 38.1 Å². The second kappa shape index (κ2) is 7.08. The number of fused-ring (bicyclic) bond motifs is 5. The predicted molar refractivity (Wildman–Crippen MR) is 118 cm³/mol. The van der Waals surface area contributed by atoms with Crippen molar-refractivity contribution in [3.05, 3.63) is 75.6 Å². The van der Waals surface area contributed by atoms with Crippen LogP contribution in [0.25, 0.3) is 11.0 Å². The molecular weight excluding hydrogens is 392 g/mol. The van der Waals surface area contributed by atoms with Gasteiger partial charge in [-0.05, 0) is 31.0 Å². The van der Waals surface area contributed by atoms with E-state index in [0.29, 0.717) is 29.6 Å². The molecule has 1 aromatic heterocycles. The van der Waals surface area contributed by atoms with Crippen LogP contribution in [0.4, 0.5) is 5.69 Å². The van der Waals surface area contributed by atoms with Gasteiger partial charge in [0.15, 0.2) is 11.0 Å². The van der Waals surface area contributed by atoms with Crippen molar-refractivity contribution in [2.24, 2.45) is 0 Å². The topological polar surface area (TPSA) is 70.8 Å². The summed E-state index contributed by atoms with van der Waals surface area (Å²) in [5.41, 5.74) is 0.159. The maximum atomic E-state index is 14.1. The van der Waals surface area contributed by atoms with Crippen LogP contribution in [0.15, 0.2) is 57.7 Å². The standard InChI is InChI=1S/C25H24N2O4/c1-3-5-15-27-23(29)22-20(21(28)16-10-6-9-13-19(16)31-22)25(27)17-11-7-8-12-18(17)26(14-4-2)24(25)30/h6-13H,3-5,14-15H2,1-2H3/t25-/m0/s1. The summed E-state index contributed by atoms with van der Waals surface area (Å²) in [4.78, 5) is 44.7. The molecule has 0 radical (unpaired) electrons. The molecule has 31 heavy (non-hydrogen) atoms. The summed E-state index contributed by atoms with van der Waals surface area (Å²) in [7, 11) is 0. The van der Waals surface area contributed by atoms with Gasteiger partial charge in [0.1, 0.15) is 5.58 Å². The van der Waals surface area contributed by atoms with E-state index in [4.69, 9.17) is 4.42 Å². The summed E-state index contributed by atoms with van der Waals surface area (Å²) in [5.74, 6) is -0.657. The zero-order valence-electron chi connectivity index (χ0n) is 17.7. The number of para-hydroxylation sites is 2. The molecule has 1 atom stereocenters. The molecule has 0 aliphatic carbocycles. The Hall–Kier alpha value is -3.41. The molecule has 2 aromatic carbocycles. The first-order chi connectivity index (χ1) is 15.1. The van der Waals surface area contributed by atoms with E-state index >= 15 is 0 Å². The SMILES string of the molecule is CCCCN1C(=O)c2oc3ccccc3c(=O)c2[C@@]12C(=O)N(CCC)c1ccccc12. The lowest BCUT2D eigenvalue weighted by Crippen LogP contribution is -2.53. The van der Waals surface area contributed by atoms with E-state index < -0.39 is 11.4 Å². The Morgan fingerprint density at radius 1 is 0.903 bits per heavy atom. The molecule has 0 unspecified atom stereocenters. The lowest BCUT2D eigenvalue weighted by atomic mass is 9.84. The van der Waals surface area contributed by atoms with E-state index in [9.17, 15) is 14.4 Å². The number of carbonyl (C=O) groups is 2. The Balaban J connectivity index is 1.89. The number of anilines is 1. The van der Waals surface area contributed by atoms with Crippen molar-refractivity contribution in [3.63, 3.8) is 0 Å². The van der Waals surface area contributed by atoms with Gasteiger partial charge in [0.2, 0.25) is 5.76 Å². The van der Waals surface area contributed by atoms with Crippen molar-refractivity contribution in [2.45, 2.75) is 38.6 Å². The first-order valence-electron chi connectivity index (χ1n) is 10.9. The molecular formula is C25H24N2O4. The summed E-state index contributed by atoms with van der Waals surface area (Å²) >= 11 is 0. The number of benzene rings is 2. The fraction of sp³-hybridized carbons (Fsp3) is 0.320. The van der Waals surface area contributed by atoms with Gasteiger partial charge < -0.3 is 14.2 Å². The van der Waals surface area contributed by atoms with Crippen LogP contribution in [0.2, 0.25) is 0 Å². The normalized spacial score (nSPS) is 19.5. The van der Waals surface area contributed by atoms with Gasteiger partial charge in [0.25, 0.3) is 11.8 Å². The van der Waals surface area contributed by atoms with Gasteiger partial charge in [-0.2, -0.15) is 0 Å². The average Bonchev–Trinajstić information content (AvgIpc) is 3.18. The minimum absolute atomic E-state index is 0.0127. The quantitative estimate of drug-likeness (QED) is 0.629. The monoisotopic (exact) mass is 416 g/mol. The molecule has 0 fully saturated rings.